The number of nitrogens with two attached hydrogens (primary N) is 1. The number of hydrogen-bond donors (Lipinski definition) is 2. The first-order chi connectivity index (χ1) is 10.6. The highest BCUT2D eigenvalue weighted by atomic mass is 16.5. The summed E-state index contributed by atoms with van der Waals surface area (Å²) < 4.78 is 5.91. The second-order valence-electron chi connectivity index (χ2n) is 7.97. The molecule has 0 aliphatic heterocycles. The Kier molecular flexibility index (Phi) is 5.08. The number of nitrogens with one attached hydrogen (secondary N) is 1. The van der Waals surface area contributed by atoms with Crippen molar-refractivity contribution in [2.75, 3.05) is 6.61 Å². The molecule has 0 spiro atoms. The van der Waals surface area contributed by atoms with Gasteiger partial charge < -0.3 is 15.8 Å². The third kappa shape index (κ3) is 4.02. The van der Waals surface area contributed by atoms with Crippen LogP contribution in [0.15, 0.2) is 0 Å². The lowest BCUT2D eigenvalue weighted by Crippen LogP contribution is -2.62. The van der Waals surface area contributed by atoms with Crippen molar-refractivity contribution in [1.29, 1.82) is 0 Å². The summed E-state index contributed by atoms with van der Waals surface area (Å²) in [5, 5.41) is 3.29. The van der Waals surface area contributed by atoms with Crippen LogP contribution in [0.5, 0.6) is 0 Å². The van der Waals surface area contributed by atoms with E-state index in [1.165, 1.54) is 32.1 Å². The van der Waals surface area contributed by atoms with E-state index in [4.69, 9.17) is 10.5 Å². The smallest absolute Gasteiger partial charge is 0.246 e. The molecule has 2 bridgehead atoms. The van der Waals surface area contributed by atoms with Gasteiger partial charge in [0.05, 0.1) is 6.10 Å². The van der Waals surface area contributed by atoms with Gasteiger partial charge in [-0.05, 0) is 51.4 Å². The highest BCUT2D eigenvalue weighted by Gasteiger charge is 2.47. The second kappa shape index (κ2) is 6.88. The van der Waals surface area contributed by atoms with Crippen LogP contribution in [-0.2, 0) is 9.53 Å². The van der Waals surface area contributed by atoms with Crippen molar-refractivity contribution in [2.24, 2.45) is 5.73 Å². The van der Waals surface area contributed by atoms with Crippen molar-refractivity contribution >= 4 is 5.91 Å². The molecular weight excluding hydrogens is 276 g/mol. The molecule has 0 heterocycles. The maximum absolute atomic E-state index is 12.3. The van der Waals surface area contributed by atoms with E-state index in [0.29, 0.717) is 0 Å². The minimum atomic E-state index is 0.0164. The molecule has 0 aromatic rings. The summed E-state index contributed by atoms with van der Waals surface area (Å²) in [4.78, 5) is 12.3. The van der Waals surface area contributed by atoms with Crippen LogP contribution in [0.1, 0.15) is 83.5 Å². The predicted molar refractivity (Wildman–Crippen MR) is 87.6 cm³/mol. The standard InChI is InChI=1S/C18H32N2O2/c19-17-8-11-18(12-9-17,13-10-17)20-16(21)14-22-15-6-4-2-1-3-5-7-15/h15H,1-14,19H2,(H,20,21). The summed E-state index contributed by atoms with van der Waals surface area (Å²) in [6.07, 6.45) is 15.3. The van der Waals surface area contributed by atoms with Gasteiger partial charge >= 0.3 is 0 Å². The van der Waals surface area contributed by atoms with Crippen LogP contribution in [-0.4, -0.2) is 29.7 Å². The Hall–Kier alpha value is -0.610. The zero-order valence-corrected chi connectivity index (χ0v) is 13.9. The summed E-state index contributed by atoms with van der Waals surface area (Å²) in [5.74, 6) is 0.0773. The fraction of sp³-hybridized carbons (Fsp3) is 0.944. The molecule has 0 saturated heterocycles. The highest BCUT2D eigenvalue weighted by Crippen LogP contribution is 2.45. The first-order valence-corrected chi connectivity index (χ1v) is 9.31. The first-order valence-electron chi connectivity index (χ1n) is 9.31. The zero-order valence-electron chi connectivity index (χ0n) is 13.9. The van der Waals surface area contributed by atoms with Crippen LogP contribution in [0.4, 0.5) is 0 Å². The molecule has 0 atom stereocenters. The van der Waals surface area contributed by atoms with E-state index in [2.05, 4.69) is 5.32 Å². The van der Waals surface area contributed by atoms with Gasteiger partial charge in [-0.3, -0.25) is 4.79 Å². The molecule has 4 aliphatic carbocycles. The second-order valence-corrected chi connectivity index (χ2v) is 7.97. The van der Waals surface area contributed by atoms with E-state index in [0.717, 1.165) is 51.4 Å². The van der Waals surface area contributed by atoms with Gasteiger partial charge in [-0.1, -0.05) is 32.1 Å². The Morgan fingerprint density at radius 1 is 0.955 bits per heavy atom. The first kappa shape index (κ1) is 16.3. The third-order valence-electron chi connectivity index (χ3n) is 6.21. The van der Waals surface area contributed by atoms with Crippen molar-refractivity contribution in [2.45, 2.75) is 101 Å². The van der Waals surface area contributed by atoms with E-state index in [9.17, 15) is 4.79 Å². The summed E-state index contributed by atoms with van der Waals surface area (Å²) in [7, 11) is 0. The lowest BCUT2D eigenvalue weighted by atomic mass is 9.62. The minimum Gasteiger partial charge on any atom is -0.368 e. The van der Waals surface area contributed by atoms with E-state index in [-0.39, 0.29) is 29.7 Å². The zero-order chi connectivity index (χ0) is 15.5. The molecule has 0 aromatic carbocycles. The molecule has 1 amide bonds. The van der Waals surface area contributed by atoms with Gasteiger partial charge in [0.25, 0.3) is 0 Å². The van der Waals surface area contributed by atoms with Crippen LogP contribution in [0.25, 0.3) is 0 Å². The van der Waals surface area contributed by atoms with Crippen molar-refractivity contribution in [3.63, 3.8) is 0 Å². The molecule has 0 radical (unpaired) electrons. The van der Waals surface area contributed by atoms with Gasteiger partial charge in [-0.25, -0.2) is 0 Å². The Bertz CT molecular complexity index is 364. The number of carbonyl (C=O) groups excluding carboxylic acids is 1. The summed E-state index contributed by atoms with van der Waals surface area (Å²) in [5.41, 5.74) is 6.41. The van der Waals surface area contributed by atoms with Crippen LogP contribution < -0.4 is 11.1 Å². The van der Waals surface area contributed by atoms with Crippen molar-refractivity contribution in [3.05, 3.63) is 0 Å². The van der Waals surface area contributed by atoms with Crippen molar-refractivity contribution in [3.8, 4) is 0 Å². The largest absolute Gasteiger partial charge is 0.368 e. The number of ether oxygens (including phenoxy) is 1. The van der Waals surface area contributed by atoms with Crippen molar-refractivity contribution in [1.82, 2.24) is 5.32 Å². The Morgan fingerprint density at radius 3 is 2.09 bits per heavy atom. The van der Waals surface area contributed by atoms with Gasteiger partial charge in [0.15, 0.2) is 0 Å². The Labute approximate surface area is 134 Å². The summed E-state index contributed by atoms with van der Waals surface area (Å²) in [6.45, 7) is 0.236. The molecule has 0 unspecified atom stereocenters. The molecule has 126 valence electrons. The fourth-order valence-electron chi connectivity index (χ4n) is 4.51. The SMILES string of the molecule is NC12CCC(NC(=O)COC3CCCCCCC3)(CC1)CC2. The van der Waals surface area contributed by atoms with E-state index in [1.54, 1.807) is 0 Å². The quantitative estimate of drug-likeness (QED) is 0.839. The molecule has 0 aromatic heterocycles. The van der Waals surface area contributed by atoms with E-state index < -0.39 is 0 Å². The monoisotopic (exact) mass is 308 g/mol. The van der Waals surface area contributed by atoms with Gasteiger partial charge in [0.1, 0.15) is 6.61 Å². The average molecular weight is 308 g/mol. The molecule has 4 heteroatoms. The van der Waals surface area contributed by atoms with Gasteiger partial charge in [0, 0.05) is 11.1 Å². The van der Waals surface area contributed by atoms with Gasteiger partial charge in [-0.15, -0.1) is 0 Å². The number of amides is 1. The van der Waals surface area contributed by atoms with E-state index >= 15 is 0 Å². The Balaban J connectivity index is 1.42. The average Bonchev–Trinajstić information content (AvgIpc) is 2.48. The molecule has 4 aliphatic rings. The van der Waals surface area contributed by atoms with Gasteiger partial charge in [-0.2, -0.15) is 0 Å². The lowest BCUT2D eigenvalue weighted by molar-refractivity contribution is -0.131. The Morgan fingerprint density at radius 2 is 1.50 bits per heavy atom. The maximum Gasteiger partial charge on any atom is 0.246 e. The topological polar surface area (TPSA) is 64.3 Å². The minimum absolute atomic E-state index is 0.0164. The molecule has 4 rings (SSSR count). The molecular formula is C18H32N2O2. The van der Waals surface area contributed by atoms with Crippen LogP contribution in [0.2, 0.25) is 0 Å². The third-order valence-corrected chi connectivity index (χ3v) is 6.21. The van der Waals surface area contributed by atoms with Crippen LogP contribution in [0.3, 0.4) is 0 Å². The van der Waals surface area contributed by atoms with E-state index in [1.807, 2.05) is 0 Å². The number of fused-ring (bicyclic) bond motifs is 3. The summed E-state index contributed by atoms with van der Waals surface area (Å²) >= 11 is 0. The number of hydrogen-bond acceptors (Lipinski definition) is 3. The molecule has 4 nitrogen and oxygen atoms in total. The fourth-order valence-corrected chi connectivity index (χ4v) is 4.51. The molecule has 22 heavy (non-hydrogen) atoms. The number of carbonyl (C=O) groups is 1. The lowest BCUT2D eigenvalue weighted by Gasteiger charge is -2.52. The molecule has 3 N–H and O–H groups in total. The molecule has 4 fully saturated rings. The maximum atomic E-state index is 12.3. The highest BCUT2D eigenvalue weighted by molar-refractivity contribution is 5.78. The van der Waals surface area contributed by atoms with Crippen molar-refractivity contribution < 1.29 is 9.53 Å². The van der Waals surface area contributed by atoms with Crippen LogP contribution in [0, 0.1) is 0 Å². The normalized spacial score (nSPS) is 36.6. The van der Waals surface area contributed by atoms with Gasteiger partial charge in [0.2, 0.25) is 5.91 Å². The molecule has 4 saturated carbocycles. The predicted octanol–water partition coefficient (Wildman–Crippen LogP) is 3.04. The summed E-state index contributed by atoms with van der Waals surface area (Å²) in [6, 6.07) is 0. The number of rotatable bonds is 4. The van der Waals surface area contributed by atoms with Crippen LogP contribution >= 0.6 is 0 Å².